The van der Waals surface area contributed by atoms with E-state index < -0.39 is 11.9 Å². The molecule has 5 heteroatoms. The fourth-order valence-electron chi connectivity index (χ4n) is 2.65. The summed E-state index contributed by atoms with van der Waals surface area (Å²) in [5, 5.41) is 11.9. The maximum absolute atomic E-state index is 12.0. The van der Waals surface area contributed by atoms with Gasteiger partial charge in [0.15, 0.2) is 0 Å². The lowest BCUT2D eigenvalue weighted by molar-refractivity contribution is -0.142. The van der Waals surface area contributed by atoms with Crippen LogP contribution in [0.2, 0.25) is 0 Å². The molecule has 1 aliphatic rings. The van der Waals surface area contributed by atoms with Crippen molar-refractivity contribution in [1.29, 1.82) is 0 Å². The van der Waals surface area contributed by atoms with Crippen LogP contribution in [0.1, 0.15) is 24.8 Å². The summed E-state index contributed by atoms with van der Waals surface area (Å²) in [4.78, 5) is 23.1. The minimum absolute atomic E-state index is 0.142. The lowest BCUT2D eigenvalue weighted by Crippen LogP contribution is -2.40. The number of nitrogens with one attached hydrogen (secondary N) is 1. The normalized spacial score (nSPS) is 21.4. The van der Waals surface area contributed by atoms with E-state index in [4.69, 9.17) is 9.84 Å². The largest absolute Gasteiger partial charge is 0.497 e. The number of carbonyl (C=O) groups excluding carboxylic acids is 1. The first kappa shape index (κ1) is 14.4. The molecule has 0 saturated heterocycles. The third kappa shape index (κ3) is 3.50. The van der Waals surface area contributed by atoms with Crippen LogP contribution in [0.15, 0.2) is 24.3 Å². The van der Waals surface area contributed by atoms with Gasteiger partial charge in [0.2, 0.25) is 5.91 Å². The molecule has 0 spiro atoms. The number of carbonyl (C=O) groups is 2. The first-order valence-corrected chi connectivity index (χ1v) is 6.75. The first-order chi connectivity index (χ1) is 9.60. The predicted molar refractivity (Wildman–Crippen MR) is 73.6 cm³/mol. The number of carboxylic acids is 1. The highest BCUT2D eigenvalue weighted by molar-refractivity contribution is 5.80. The maximum atomic E-state index is 12.0. The molecule has 1 fully saturated rings. The first-order valence-electron chi connectivity index (χ1n) is 6.75. The number of aliphatic carboxylic acids is 1. The average molecular weight is 277 g/mol. The Morgan fingerprint density at radius 2 is 2.20 bits per heavy atom. The van der Waals surface area contributed by atoms with E-state index in [1.54, 1.807) is 7.11 Å². The number of hydrogen-bond acceptors (Lipinski definition) is 3. The van der Waals surface area contributed by atoms with E-state index >= 15 is 0 Å². The van der Waals surface area contributed by atoms with Gasteiger partial charge in [-0.15, -0.1) is 0 Å². The fraction of sp³-hybridized carbons (Fsp3) is 0.467. The zero-order valence-corrected chi connectivity index (χ0v) is 11.5. The smallest absolute Gasteiger partial charge is 0.308 e. The van der Waals surface area contributed by atoms with Crippen LogP contribution < -0.4 is 10.1 Å². The van der Waals surface area contributed by atoms with Crippen molar-refractivity contribution in [3.8, 4) is 5.75 Å². The third-order valence-electron chi connectivity index (χ3n) is 3.68. The van der Waals surface area contributed by atoms with Crippen molar-refractivity contribution in [1.82, 2.24) is 5.32 Å². The van der Waals surface area contributed by atoms with E-state index in [1.807, 2.05) is 24.3 Å². The third-order valence-corrected chi connectivity index (χ3v) is 3.68. The van der Waals surface area contributed by atoms with Crippen LogP contribution in [-0.2, 0) is 16.0 Å². The second kappa shape index (κ2) is 6.41. The van der Waals surface area contributed by atoms with E-state index in [1.165, 1.54) is 0 Å². The van der Waals surface area contributed by atoms with Crippen molar-refractivity contribution in [3.05, 3.63) is 29.8 Å². The molecule has 20 heavy (non-hydrogen) atoms. The summed E-state index contributed by atoms with van der Waals surface area (Å²) in [6, 6.07) is 7.06. The number of amides is 1. The lowest BCUT2D eigenvalue weighted by Gasteiger charge is -2.17. The van der Waals surface area contributed by atoms with Gasteiger partial charge in [0.1, 0.15) is 5.75 Å². The van der Waals surface area contributed by atoms with Crippen LogP contribution in [0, 0.1) is 5.92 Å². The Labute approximate surface area is 117 Å². The summed E-state index contributed by atoms with van der Waals surface area (Å²) in [6.07, 6.45) is 2.46. The molecular formula is C15H19NO4. The van der Waals surface area contributed by atoms with Crippen molar-refractivity contribution >= 4 is 11.9 Å². The predicted octanol–water partition coefficient (Wildman–Crippen LogP) is 1.61. The van der Waals surface area contributed by atoms with Gasteiger partial charge in [0.05, 0.1) is 19.4 Å². The van der Waals surface area contributed by atoms with Gasteiger partial charge in [0.25, 0.3) is 0 Å². The summed E-state index contributed by atoms with van der Waals surface area (Å²) in [6.45, 7) is 0. The Kier molecular flexibility index (Phi) is 4.61. The van der Waals surface area contributed by atoms with Crippen LogP contribution in [-0.4, -0.2) is 30.1 Å². The number of carboxylic acid groups (broad SMARTS) is 1. The fourth-order valence-corrected chi connectivity index (χ4v) is 2.65. The van der Waals surface area contributed by atoms with E-state index in [-0.39, 0.29) is 18.4 Å². The molecule has 2 atom stereocenters. The van der Waals surface area contributed by atoms with Crippen molar-refractivity contribution in [2.75, 3.05) is 7.11 Å². The molecule has 1 aromatic rings. The Bertz CT molecular complexity index is 500. The molecule has 1 aromatic carbocycles. The number of rotatable bonds is 5. The Morgan fingerprint density at radius 3 is 2.90 bits per heavy atom. The molecule has 0 heterocycles. The molecular weight excluding hydrogens is 258 g/mol. The number of hydrogen-bond donors (Lipinski definition) is 2. The van der Waals surface area contributed by atoms with Crippen LogP contribution in [0.4, 0.5) is 0 Å². The molecule has 2 rings (SSSR count). The zero-order chi connectivity index (χ0) is 14.5. The molecule has 0 bridgehead atoms. The van der Waals surface area contributed by atoms with Gasteiger partial charge in [-0.05, 0) is 30.5 Å². The number of methoxy groups -OCH3 is 1. The topological polar surface area (TPSA) is 75.6 Å². The van der Waals surface area contributed by atoms with Crippen molar-refractivity contribution in [3.63, 3.8) is 0 Å². The second-order valence-corrected chi connectivity index (χ2v) is 5.08. The standard InChI is InChI=1S/C15H19NO4/c1-20-11-5-2-4-10(8-11)9-14(17)16-13-7-3-6-12(13)15(18)19/h2,4-5,8,12-13H,3,6-7,9H2,1H3,(H,16,17)(H,18,19). The van der Waals surface area contributed by atoms with Crippen molar-refractivity contribution < 1.29 is 19.4 Å². The van der Waals surface area contributed by atoms with Gasteiger partial charge in [0, 0.05) is 6.04 Å². The van der Waals surface area contributed by atoms with E-state index in [9.17, 15) is 9.59 Å². The highest BCUT2D eigenvalue weighted by atomic mass is 16.5. The highest BCUT2D eigenvalue weighted by Crippen LogP contribution is 2.26. The van der Waals surface area contributed by atoms with Crippen LogP contribution in [0.3, 0.4) is 0 Å². The Balaban J connectivity index is 1.93. The van der Waals surface area contributed by atoms with Gasteiger partial charge in [-0.2, -0.15) is 0 Å². The summed E-state index contributed by atoms with van der Waals surface area (Å²) >= 11 is 0. The van der Waals surface area contributed by atoms with Crippen LogP contribution >= 0.6 is 0 Å². The monoisotopic (exact) mass is 277 g/mol. The molecule has 5 nitrogen and oxygen atoms in total. The average Bonchev–Trinajstić information content (AvgIpc) is 2.87. The molecule has 1 saturated carbocycles. The van der Waals surface area contributed by atoms with Gasteiger partial charge in [-0.25, -0.2) is 0 Å². The molecule has 108 valence electrons. The maximum Gasteiger partial charge on any atom is 0.308 e. The summed E-state index contributed by atoms with van der Waals surface area (Å²) in [7, 11) is 1.58. The minimum Gasteiger partial charge on any atom is -0.497 e. The number of ether oxygens (including phenoxy) is 1. The number of benzene rings is 1. The summed E-state index contributed by atoms with van der Waals surface area (Å²) < 4.78 is 5.11. The molecule has 0 aliphatic heterocycles. The van der Waals surface area contributed by atoms with E-state index in [0.717, 1.165) is 18.4 Å². The minimum atomic E-state index is -0.825. The Morgan fingerprint density at radius 1 is 1.40 bits per heavy atom. The van der Waals surface area contributed by atoms with Gasteiger partial charge in [-0.3, -0.25) is 9.59 Å². The highest BCUT2D eigenvalue weighted by Gasteiger charge is 2.33. The zero-order valence-electron chi connectivity index (χ0n) is 11.5. The molecule has 2 N–H and O–H groups in total. The summed E-state index contributed by atoms with van der Waals surface area (Å²) in [5.74, 6) is -0.713. The lowest BCUT2D eigenvalue weighted by atomic mass is 10.0. The molecule has 0 aromatic heterocycles. The van der Waals surface area contributed by atoms with Crippen LogP contribution in [0.5, 0.6) is 5.75 Å². The van der Waals surface area contributed by atoms with E-state index in [0.29, 0.717) is 12.2 Å². The van der Waals surface area contributed by atoms with Crippen LogP contribution in [0.25, 0.3) is 0 Å². The quantitative estimate of drug-likeness (QED) is 0.857. The SMILES string of the molecule is COc1cccc(CC(=O)NC2CCCC2C(=O)O)c1. The van der Waals surface area contributed by atoms with Gasteiger partial charge >= 0.3 is 5.97 Å². The molecule has 2 unspecified atom stereocenters. The molecule has 0 radical (unpaired) electrons. The van der Waals surface area contributed by atoms with Gasteiger partial charge < -0.3 is 15.2 Å². The van der Waals surface area contributed by atoms with Crippen molar-refractivity contribution in [2.45, 2.75) is 31.7 Å². The van der Waals surface area contributed by atoms with Crippen molar-refractivity contribution in [2.24, 2.45) is 5.92 Å². The molecule has 1 amide bonds. The summed E-state index contributed by atoms with van der Waals surface area (Å²) in [5.41, 5.74) is 0.853. The Hall–Kier alpha value is -2.04. The van der Waals surface area contributed by atoms with E-state index in [2.05, 4.69) is 5.32 Å². The van der Waals surface area contributed by atoms with Gasteiger partial charge in [-0.1, -0.05) is 18.6 Å². The molecule has 1 aliphatic carbocycles. The second-order valence-electron chi connectivity index (χ2n) is 5.08.